The van der Waals surface area contributed by atoms with Gasteiger partial charge in [0.1, 0.15) is 11.8 Å². The second-order valence-electron chi connectivity index (χ2n) is 9.43. The first-order valence-electron chi connectivity index (χ1n) is 12.6. The Balaban J connectivity index is 1.31. The number of piperidine rings is 1. The van der Waals surface area contributed by atoms with Gasteiger partial charge >= 0.3 is 6.36 Å². The monoisotopic (exact) mass is 565 g/mol. The van der Waals surface area contributed by atoms with Crippen molar-refractivity contribution in [1.29, 1.82) is 0 Å². The minimum Gasteiger partial charge on any atom is -0.405 e. The second kappa shape index (κ2) is 10.9. The molecule has 2 N–H and O–H groups in total. The third-order valence-electron chi connectivity index (χ3n) is 6.76. The van der Waals surface area contributed by atoms with E-state index in [0.717, 1.165) is 16.5 Å². The zero-order chi connectivity index (χ0) is 29.3. The maximum atomic E-state index is 13.4. The molecular formula is C29H22F3N3O6. The number of benzene rings is 3. The van der Waals surface area contributed by atoms with Crippen LogP contribution in [0.4, 0.5) is 13.2 Å². The number of nitrogens with zero attached hydrogens (tertiary/aromatic N) is 1. The molecule has 0 aromatic heterocycles. The molecule has 2 aliphatic rings. The Labute approximate surface area is 231 Å². The summed E-state index contributed by atoms with van der Waals surface area (Å²) in [7, 11) is 0. The summed E-state index contributed by atoms with van der Waals surface area (Å²) in [6.45, 7) is 0.0935. The standard InChI is InChI=1S/C29H22F3N3O6/c30-29(31,32)41-22-10-2-1-7-19(22)25(37)33-14-13-16-5-3-6-17(15-16)18-8-4-9-20-24(18)28(40)35(27(20)39)21-11-12-23(36)34-26(21)38/h1-10,15,21H,11-14H2,(H,33,37)(H,34,36,38). The summed E-state index contributed by atoms with van der Waals surface area (Å²) in [6, 6.07) is 15.8. The van der Waals surface area contributed by atoms with Gasteiger partial charge in [0.2, 0.25) is 11.8 Å². The van der Waals surface area contributed by atoms with E-state index in [-0.39, 0.29) is 36.1 Å². The molecule has 0 bridgehead atoms. The molecule has 9 nitrogen and oxygen atoms in total. The number of amides is 5. The number of nitrogens with one attached hydrogen (secondary N) is 2. The van der Waals surface area contributed by atoms with Gasteiger partial charge in [-0.3, -0.25) is 34.2 Å². The zero-order valence-electron chi connectivity index (χ0n) is 21.3. The number of halogens is 3. The van der Waals surface area contributed by atoms with Crippen molar-refractivity contribution >= 4 is 29.5 Å². The lowest BCUT2D eigenvalue weighted by molar-refractivity contribution is -0.274. The Morgan fingerprint density at radius 2 is 1.68 bits per heavy atom. The third-order valence-corrected chi connectivity index (χ3v) is 6.76. The third kappa shape index (κ3) is 5.67. The summed E-state index contributed by atoms with van der Waals surface area (Å²) in [6.07, 6.45) is -4.58. The van der Waals surface area contributed by atoms with E-state index in [9.17, 15) is 37.1 Å². The van der Waals surface area contributed by atoms with E-state index in [1.807, 2.05) is 0 Å². The first-order chi connectivity index (χ1) is 19.5. The van der Waals surface area contributed by atoms with Gasteiger partial charge in [0.05, 0.1) is 16.7 Å². The highest BCUT2D eigenvalue weighted by atomic mass is 19.4. The highest BCUT2D eigenvalue weighted by molar-refractivity contribution is 6.25. The van der Waals surface area contributed by atoms with Gasteiger partial charge in [0.25, 0.3) is 17.7 Å². The molecule has 2 aliphatic heterocycles. The molecule has 1 atom stereocenters. The van der Waals surface area contributed by atoms with E-state index in [2.05, 4.69) is 15.4 Å². The summed E-state index contributed by atoms with van der Waals surface area (Å²) < 4.78 is 42.0. The molecule has 5 amide bonds. The molecule has 0 saturated carbocycles. The van der Waals surface area contributed by atoms with E-state index in [1.165, 1.54) is 24.3 Å². The van der Waals surface area contributed by atoms with Crippen LogP contribution in [-0.4, -0.2) is 53.4 Å². The Hall–Kier alpha value is -5.00. The molecule has 1 saturated heterocycles. The van der Waals surface area contributed by atoms with Gasteiger partial charge in [0, 0.05) is 13.0 Å². The number of carbonyl (C=O) groups is 5. The zero-order valence-corrected chi connectivity index (χ0v) is 21.3. The van der Waals surface area contributed by atoms with Crippen molar-refractivity contribution < 1.29 is 41.9 Å². The normalized spacial score (nSPS) is 16.9. The number of rotatable bonds is 7. The molecule has 41 heavy (non-hydrogen) atoms. The van der Waals surface area contributed by atoms with Gasteiger partial charge in [-0.05, 0) is 47.7 Å². The first kappa shape index (κ1) is 27.6. The molecule has 1 fully saturated rings. The van der Waals surface area contributed by atoms with E-state index in [0.29, 0.717) is 17.5 Å². The number of para-hydroxylation sites is 1. The van der Waals surface area contributed by atoms with E-state index < -0.39 is 47.7 Å². The molecule has 1 unspecified atom stereocenters. The lowest BCUT2D eigenvalue weighted by atomic mass is 9.95. The van der Waals surface area contributed by atoms with Crippen molar-refractivity contribution in [2.45, 2.75) is 31.7 Å². The molecule has 0 spiro atoms. The molecule has 5 rings (SSSR count). The van der Waals surface area contributed by atoms with Crippen molar-refractivity contribution in [2.24, 2.45) is 0 Å². The molecular weight excluding hydrogens is 543 g/mol. The maximum Gasteiger partial charge on any atom is 0.573 e. The number of hydrogen-bond donors (Lipinski definition) is 2. The van der Waals surface area contributed by atoms with Gasteiger partial charge in [-0.15, -0.1) is 13.2 Å². The minimum absolute atomic E-state index is 0.0101. The van der Waals surface area contributed by atoms with Crippen LogP contribution in [0, 0.1) is 0 Å². The lowest BCUT2D eigenvalue weighted by Gasteiger charge is -2.27. The fraction of sp³-hybridized carbons (Fsp3) is 0.207. The Morgan fingerprint density at radius 1 is 0.951 bits per heavy atom. The summed E-state index contributed by atoms with van der Waals surface area (Å²) in [5.74, 6) is -3.76. The van der Waals surface area contributed by atoms with Gasteiger partial charge in [-0.25, -0.2) is 0 Å². The van der Waals surface area contributed by atoms with E-state index in [4.69, 9.17) is 0 Å². The molecule has 2 heterocycles. The van der Waals surface area contributed by atoms with Crippen molar-refractivity contribution in [2.75, 3.05) is 6.54 Å². The number of carbonyl (C=O) groups excluding carboxylic acids is 5. The van der Waals surface area contributed by atoms with E-state index in [1.54, 1.807) is 36.4 Å². The first-order valence-corrected chi connectivity index (χ1v) is 12.6. The highest BCUT2D eigenvalue weighted by Crippen LogP contribution is 2.35. The van der Waals surface area contributed by atoms with Crippen LogP contribution in [0.2, 0.25) is 0 Å². The van der Waals surface area contributed by atoms with Crippen LogP contribution in [0.25, 0.3) is 11.1 Å². The SMILES string of the molecule is O=C1CCC(N2C(=O)c3cccc(-c4cccc(CCNC(=O)c5ccccc5OC(F)(F)F)c4)c3C2=O)C(=O)N1. The van der Waals surface area contributed by atoms with Crippen LogP contribution in [0.3, 0.4) is 0 Å². The molecule has 3 aromatic rings. The van der Waals surface area contributed by atoms with Crippen LogP contribution < -0.4 is 15.4 Å². The Kier molecular flexibility index (Phi) is 7.31. The fourth-order valence-corrected chi connectivity index (χ4v) is 4.93. The van der Waals surface area contributed by atoms with E-state index >= 15 is 0 Å². The van der Waals surface area contributed by atoms with Gasteiger partial charge in [-0.2, -0.15) is 0 Å². The van der Waals surface area contributed by atoms with Crippen molar-refractivity contribution in [1.82, 2.24) is 15.5 Å². The number of fused-ring (bicyclic) bond motifs is 1. The summed E-state index contributed by atoms with van der Waals surface area (Å²) >= 11 is 0. The van der Waals surface area contributed by atoms with Crippen LogP contribution in [0.5, 0.6) is 5.75 Å². The summed E-state index contributed by atoms with van der Waals surface area (Å²) in [5, 5.41) is 4.75. The lowest BCUT2D eigenvalue weighted by Crippen LogP contribution is -2.54. The van der Waals surface area contributed by atoms with Crippen LogP contribution in [-0.2, 0) is 16.0 Å². The number of hydrogen-bond acceptors (Lipinski definition) is 6. The van der Waals surface area contributed by atoms with Crippen LogP contribution in [0.15, 0.2) is 66.7 Å². The summed E-state index contributed by atoms with van der Waals surface area (Å²) in [4.78, 5) is 63.9. The van der Waals surface area contributed by atoms with Crippen molar-refractivity contribution in [3.63, 3.8) is 0 Å². The van der Waals surface area contributed by atoms with Gasteiger partial charge < -0.3 is 10.1 Å². The molecule has 210 valence electrons. The molecule has 0 radical (unpaired) electrons. The average Bonchev–Trinajstić information content (AvgIpc) is 3.18. The highest BCUT2D eigenvalue weighted by Gasteiger charge is 2.45. The number of imide groups is 2. The fourth-order valence-electron chi connectivity index (χ4n) is 4.93. The quantitative estimate of drug-likeness (QED) is 0.422. The average molecular weight is 566 g/mol. The van der Waals surface area contributed by atoms with Crippen molar-refractivity contribution in [3.8, 4) is 16.9 Å². The molecule has 12 heteroatoms. The molecule has 0 aliphatic carbocycles. The van der Waals surface area contributed by atoms with Crippen molar-refractivity contribution in [3.05, 3.63) is 89.0 Å². The summed E-state index contributed by atoms with van der Waals surface area (Å²) in [5.41, 5.74) is 1.87. The minimum atomic E-state index is -4.95. The van der Waals surface area contributed by atoms with Gasteiger partial charge in [-0.1, -0.05) is 48.5 Å². The van der Waals surface area contributed by atoms with Gasteiger partial charge in [0.15, 0.2) is 0 Å². The largest absolute Gasteiger partial charge is 0.573 e. The predicted octanol–water partition coefficient (Wildman–Crippen LogP) is 3.63. The topological polar surface area (TPSA) is 122 Å². The number of alkyl halides is 3. The molecule has 3 aromatic carbocycles. The second-order valence-corrected chi connectivity index (χ2v) is 9.43. The number of ether oxygens (including phenoxy) is 1. The maximum absolute atomic E-state index is 13.4. The van der Waals surface area contributed by atoms with Crippen LogP contribution >= 0.6 is 0 Å². The smallest absolute Gasteiger partial charge is 0.405 e. The Morgan fingerprint density at radius 3 is 2.44 bits per heavy atom. The Bertz CT molecular complexity index is 1590. The predicted molar refractivity (Wildman–Crippen MR) is 138 cm³/mol. The van der Waals surface area contributed by atoms with Crippen LogP contribution in [0.1, 0.15) is 49.5 Å².